The number of aromatic amines is 1. The smallest absolute Gasteiger partial charge is 0.274 e. The number of aryl methyl sites for hydroxylation is 1. The van der Waals surface area contributed by atoms with Crippen molar-refractivity contribution in [3.05, 3.63) is 70.2 Å². The van der Waals surface area contributed by atoms with Gasteiger partial charge in [0.25, 0.3) is 5.56 Å². The Labute approximate surface area is 168 Å². The summed E-state index contributed by atoms with van der Waals surface area (Å²) in [5.74, 6) is 0.0897. The van der Waals surface area contributed by atoms with Crippen molar-refractivity contribution in [2.45, 2.75) is 25.7 Å². The summed E-state index contributed by atoms with van der Waals surface area (Å²) < 4.78 is 2.97. The van der Waals surface area contributed by atoms with Crippen LogP contribution in [0.5, 0.6) is 0 Å². The topological polar surface area (TPSA) is 92.5 Å². The van der Waals surface area contributed by atoms with Gasteiger partial charge in [0, 0.05) is 38.0 Å². The van der Waals surface area contributed by atoms with E-state index in [4.69, 9.17) is 0 Å². The van der Waals surface area contributed by atoms with E-state index in [1.807, 2.05) is 4.90 Å². The zero-order chi connectivity index (χ0) is 20.8. The van der Waals surface area contributed by atoms with Gasteiger partial charge in [-0.3, -0.25) is 14.4 Å². The summed E-state index contributed by atoms with van der Waals surface area (Å²) in [6.45, 7) is 5.32. The van der Waals surface area contributed by atoms with Crippen LogP contribution < -0.4 is 11.1 Å². The Bertz CT molecular complexity index is 1120. The lowest BCUT2D eigenvalue weighted by atomic mass is 10.2. The average Bonchev–Trinajstić information content (AvgIpc) is 3.04. The molecule has 0 radical (unpaired) electrons. The second-order valence-corrected chi connectivity index (χ2v) is 6.97. The van der Waals surface area contributed by atoms with Crippen LogP contribution in [0.3, 0.4) is 0 Å². The maximum Gasteiger partial charge on any atom is 0.274 e. The van der Waals surface area contributed by atoms with Crippen LogP contribution in [0.15, 0.2) is 59.0 Å². The van der Waals surface area contributed by atoms with E-state index < -0.39 is 0 Å². The highest BCUT2D eigenvalue weighted by Gasteiger charge is 2.11. The van der Waals surface area contributed by atoms with E-state index in [9.17, 15) is 14.4 Å². The van der Waals surface area contributed by atoms with Gasteiger partial charge in [-0.05, 0) is 31.1 Å². The number of hydrogen-bond acceptors (Lipinski definition) is 4. The number of nitrogens with one attached hydrogen (secondary N) is 1. The summed E-state index contributed by atoms with van der Waals surface area (Å²) in [6.07, 6.45) is 11.2. The van der Waals surface area contributed by atoms with Crippen molar-refractivity contribution < 1.29 is 4.79 Å². The molecule has 0 saturated carbocycles. The molecule has 1 amide bonds. The fourth-order valence-electron chi connectivity index (χ4n) is 3.26. The lowest BCUT2D eigenvalue weighted by Gasteiger charge is -2.17. The number of nitrogens with zero attached hydrogens (tertiary/aromatic N) is 4. The fraction of sp³-hybridized carbons (Fsp3) is 0.333. The summed E-state index contributed by atoms with van der Waals surface area (Å²) in [5, 5.41) is 4.03. The van der Waals surface area contributed by atoms with Crippen LogP contribution in [0.1, 0.15) is 25.7 Å². The second kappa shape index (κ2) is 9.18. The van der Waals surface area contributed by atoms with Gasteiger partial charge < -0.3 is 14.5 Å². The normalized spacial score (nSPS) is 14.0. The Balaban J connectivity index is 0.000000188. The quantitative estimate of drug-likeness (QED) is 0.672. The third-order valence-electron chi connectivity index (χ3n) is 4.89. The third-order valence-corrected chi connectivity index (χ3v) is 4.89. The number of likely N-dealkylation sites (tertiary alicyclic amines) is 1. The maximum absolute atomic E-state index is 11.8. The number of carbonyl (C=O) groups excluding carboxylic acids is 1. The van der Waals surface area contributed by atoms with Gasteiger partial charge in [-0.15, -0.1) is 0 Å². The fourth-order valence-corrected chi connectivity index (χ4v) is 3.26. The number of aromatic nitrogens is 4. The summed E-state index contributed by atoms with van der Waals surface area (Å²) in [4.78, 5) is 38.9. The molecule has 0 aromatic carbocycles. The van der Waals surface area contributed by atoms with Gasteiger partial charge in [0.2, 0.25) is 11.5 Å². The van der Waals surface area contributed by atoms with Crippen molar-refractivity contribution in [3.8, 4) is 11.3 Å². The summed E-state index contributed by atoms with van der Waals surface area (Å²) in [5.41, 5.74) is 1.56. The van der Waals surface area contributed by atoms with E-state index >= 15 is 0 Å². The molecule has 1 saturated heterocycles. The summed E-state index contributed by atoms with van der Waals surface area (Å²) in [6, 6.07) is 4.77. The highest BCUT2D eigenvalue weighted by Crippen LogP contribution is 2.13. The molecule has 4 heterocycles. The van der Waals surface area contributed by atoms with Crippen molar-refractivity contribution >= 4 is 11.4 Å². The van der Waals surface area contributed by atoms with Crippen molar-refractivity contribution in [2.24, 2.45) is 7.05 Å². The molecule has 1 aliphatic rings. The lowest BCUT2D eigenvalue weighted by molar-refractivity contribution is -0.125. The van der Waals surface area contributed by atoms with Crippen molar-refractivity contribution in [1.29, 1.82) is 0 Å². The highest BCUT2D eigenvalue weighted by atomic mass is 16.2. The molecule has 3 aromatic rings. The molecule has 4 rings (SSSR count). The number of amides is 1. The number of H-pyrrole nitrogens is 1. The van der Waals surface area contributed by atoms with Crippen LogP contribution in [0, 0.1) is 0 Å². The molecule has 1 N–H and O–H groups in total. The molecule has 3 aromatic heterocycles. The van der Waals surface area contributed by atoms with E-state index in [2.05, 4.69) is 16.7 Å². The van der Waals surface area contributed by atoms with Crippen LogP contribution in [0.2, 0.25) is 0 Å². The van der Waals surface area contributed by atoms with Gasteiger partial charge in [-0.1, -0.05) is 19.4 Å². The number of carbonyl (C=O) groups is 1. The largest absolute Gasteiger partial charge is 0.339 e. The number of fused-ring (bicyclic) bond motifs is 1. The Morgan fingerprint density at radius 1 is 1.10 bits per heavy atom. The molecule has 0 bridgehead atoms. The molecule has 8 nitrogen and oxygen atoms in total. The van der Waals surface area contributed by atoms with Crippen LogP contribution in [-0.2, 0) is 11.8 Å². The van der Waals surface area contributed by atoms with Crippen LogP contribution >= 0.6 is 0 Å². The minimum Gasteiger partial charge on any atom is -0.339 e. The summed E-state index contributed by atoms with van der Waals surface area (Å²) in [7, 11) is 1.66. The van der Waals surface area contributed by atoms with Gasteiger partial charge in [0.05, 0.1) is 18.1 Å². The zero-order valence-corrected chi connectivity index (χ0v) is 16.5. The third kappa shape index (κ3) is 4.90. The number of pyridine rings is 1. The minimum absolute atomic E-state index is 0.0897. The van der Waals surface area contributed by atoms with E-state index in [1.54, 1.807) is 37.8 Å². The molecule has 0 aliphatic carbocycles. The standard InChI is InChI=1S/C12H10N4O2.C9H15NO/c1-15-6-8(2-3-11(15)17)9-7-16-10(4-5-13-16)12(18)14-9;1-2-9(11)10-7-5-3-4-6-8-10/h2-7H,1H3,(H,14,18);2H,1,3-8H2. The predicted molar refractivity (Wildman–Crippen MR) is 112 cm³/mol. The summed E-state index contributed by atoms with van der Waals surface area (Å²) >= 11 is 0. The zero-order valence-electron chi connectivity index (χ0n) is 16.5. The van der Waals surface area contributed by atoms with Gasteiger partial charge in [-0.25, -0.2) is 4.52 Å². The molecular weight excluding hydrogens is 370 g/mol. The van der Waals surface area contributed by atoms with E-state index in [-0.39, 0.29) is 17.0 Å². The molecule has 29 heavy (non-hydrogen) atoms. The van der Waals surface area contributed by atoms with Crippen molar-refractivity contribution in [3.63, 3.8) is 0 Å². The van der Waals surface area contributed by atoms with Crippen molar-refractivity contribution in [2.75, 3.05) is 13.1 Å². The molecule has 8 heteroatoms. The van der Waals surface area contributed by atoms with Gasteiger partial charge >= 0.3 is 0 Å². The van der Waals surface area contributed by atoms with E-state index in [1.165, 1.54) is 34.1 Å². The first-order chi connectivity index (χ1) is 14.0. The SMILES string of the molecule is C=CC(=O)N1CCCCCC1.Cn1cc(-c2cn3nccc3c(=O)[nH]2)ccc1=O. The molecule has 152 valence electrons. The first kappa shape index (κ1) is 20.3. The lowest BCUT2D eigenvalue weighted by Crippen LogP contribution is -2.29. The number of rotatable bonds is 2. The predicted octanol–water partition coefficient (Wildman–Crippen LogP) is 1.96. The number of hydrogen-bond donors (Lipinski definition) is 1. The Hall–Kier alpha value is -3.42. The van der Waals surface area contributed by atoms with Crippen LogP contribution in [0.4, 0.5) is 0 Å². The molecule has 0 unspecified atom stereocenters. The first-order valence-corrected chi connectivity index (χ1v) is 9.64. The average molecular weight is 395 g/mol. The van der Waals surface area contributed by atoms with Crippen LogP contribution in [-0.4, -0.2) is 43.1 Å². The monoisotopic (exact) mass is 395 g/mol. The van der Waals surface area contributed by atoms with Crippen LogP contribution in [0.25, 0.3) is 16.8 Å². The van der Waals surface area contributed by atoms with Crippen molar-refractivity contribution in [1.82, 2.24) is 24.1 Å². The maximum atomic E-state index is 11.8. The Morgan fingerprint density at radius 2 is 1.83 bits per heavy atom. The van der Waals surface area contributed by atoms with Gasteiger partial charge in [-0.2, -0.15) is 5.10 Å². The molecule has 0 atom stereocenters. The van der Waals surface area contributed by atoms with E-state index in [0.29, 0.717) is 11.2 Å². The molecule has 1 aliphatic heterocycles. The molecule has 0 spiro atoms. The van der Waals surface area contributed by atoms with Gasteiger partial charge in [0.1, 0.15) is 5.52 Å². The van der Waals surface area contributed by atoms with Gasteiger partial charge in [0.15, 0.2) is 0 Å². The molecular formula is C21H25N5O3. The Morgan fingerprint density at radius 3 is 2.48 bits per heavy atom. The second-order valence-electron chi connectivity index (χ2n) is 6.97. The first-order valence-electron chi connectivity index (χ1n) is 9.64. The Kier molecular flexibility index (Phi) is 6.43. The van der Waals surface area contributed by atoms with E-state index in [0.717, 1.165) is 31.5 Å². The minimum atomic E-state index is -0.209. The molecule has 1 fully saturated rings. The highest BCUT2D eigenvalue weighted by molar-refractivity contribution is 5.86.